The van der Waals surface area contributed by atoms with E-state index in [2.05, 4.69) is 19.2 Å². The Kier molecular flexibility index (Phi) is 9.53. The van der Waals surface area contributed by atoms with E-state index in [-0.39, 0.29) is 30.4 Å². The van der Waals surface area contributed by atoms with Gasteiger partial charge in [-0.25, -0.2) is 9.18 Å². The molecule has 1 aliphatic heterocycles. The van der Waals surface area contributed by atoms with Crippen molar-refractivity contribution in [2.24, 2.45) is 0 Å². The van der Waals surface area contributed by atoms with Crippen molar-refractivity contribution in [3.05, 3.63) is 87.4 Å². The van der Waals surface area contributed by atoms with Gasteiger partial charge in [-0.1, -0.05) is 38.1 Å². The third kappa shape index (κ3) is 7.65. The Morgan fingerprint density at radius 2 is 1.79 bits per heavy atom. The number of ether oxygens (including phenoxy) is 1. The molecule has 0 saturated carbocycles. The molecular weight excluding hydrogens is 501 g/mol. The quantitative estimate of drug-likeness (QED) is 0.319. The van der Waals surface area contributed by atoms with E-state index in [4.69, 9.17) is 4.74 Å². The largest absolute Gasteiger partial charge is 0.376 e. The fourth-order valence-corrected chi connectivity index (χ4v) is 5.37. The van der Waals surface area contributed by atoms with Crippen LogP contribution in [0.2, 0.25) is 0 Å². The van der Waals surface area contributed by atoms with Gasteiger partial charge < -0.3 is 19.9 Å². The van der Waals surface area contributed by atoms with Crippen LogP contribution >= 0.6 is 11.3 Å². The summed E-state index contributed by atoms with van der Waals surface area (Å²) < 4.78 is 19.3. The predicted molar refractivity (Wildman–Crippen MR) is 150 cm³/mol. The van der Waals surface area contributed by atoms with E-state index < -0.39 is 0 Å². The van der Waals surface area contributed by atoms with E-state index in [1.54, 1.807) is 33.3 Å². The highest BCUT2D eigenvalue weighted by Crippen LogP contribution is 2.21. The number of carbonyl (C=O) groups is 2. The second-order valence-corrected chi connectivity index (χ2v) is 11.1. The number of rotatable bonds is 10. The molecule has 1 N–H and O–H groups in total. The summed E-state index contributed by atoms with van der Waals surface area (Å²) in [5.41, 5.74) is 3.82. The van der Waals surface area contributed by atoms with Gasteiger partial charge in [0, 0.05) is 30.3 Å². The van der Waals surface area contributed by atoms with Crippen molar-refractivity contribution in [1.29, 1.82) is 0 Å². The van der Waals surface area contributed by atoms with Crippen LogP contribution in [0.1, 0.15) is 54.2 Å². The van der Waals surface area contributed by atoms with E-state index in [9.17, 15) is 14.0 Å². The van der Waals surface area contributed by atoms with E-state index >= 15 is 0 Å². The number of aryl methyl sites for hydroxylation is 1. The standard InChI is InChI=1S/C30H36FN3O3S/c1-21(2)24-8-12-26(13-9-24)32-30(36)34(18-27-5-4-15-37-27)20-29(35)33(19-28-22(3)14-16-38-28)17-23-6-10-25(31)11-7-23/h6-14,16,21,27H,4-5,15,17-20H2,1-3H3,(H,32,36). The van der Waals surface area contributed by atoms with Crippen LogP contribution in [0.3, 0.4) is 0 Å². The second-order valence-electron chi connectivity index (χ2n) is 10.1. The molecule has 4 rings (SSSR count). The number of hydrogen-bond donors (Lipinski definition) is 1. The van der Waals surface area contributed by atoms with Gasteiger partial charge in [-0.2, -0.15) is 0 Å². The van der Waals surface area contributed by atoms with Crippen LogP contribution in [0.5, 0.6) is 0 Å². The molecule has 6 nitrogen and oxygen atoms in total. The number of nitrogens with zero attached hydrogens (tertiary/aromatic N) is 2. The lowest BCUT2D eigenvalue weighted by Gasteiger charge is -2.29. The lowest BCUT2D eigenvalue weighted by atomic mass is 10.0. The molecule has 1 aliphatic rings. The Morgan fingerprint density at radius 1 is 1.05 bits per heavy atom. The molecular formula is C30H36FN3O3S. The van der Waals surface area contributed by atoms with Gasteiger partial charge in [0.15, 0.2) is 0 Å². The molecule has 38 heavy (non-hydrogen) atoms. The minimum atomic E-state index is -0.333. The second kappa shape index (κ2) is 13.0. The highest BCUT2D eigenvalue weighted by Gasteiger charge is 2.27. The first-order chi connectivity index (χ1) is 18.3. The maximum Gasteiger partial charge on any atom is 0.322 e. The molecule has 8 heteroatoms. The number of carbonyl (C=O) groups excluding carboxylic acids is 2. The first-order valence-corrected chi connectivity index (χ1v) is 14.0. The molecule has 0 aliphatic carbocycles. The zero-order chi connectivity index (χ0) is 27.1. The molecule has 0 spiro atoms. The number of halogens is 1. The number of anilines is 1. The minimum Gasteiger partial charge on any atom is -0.376 e. The van der Waals surface area contributed by atoms with Crippen molar-refractivity contribution in [1.82, 2.24) is 9.80 Å². The van der Waals surface area contributed by atoms with Crippen LogP contribution in [0, 0.1) is 12.7 Å². The minimum absolute atomic E-state index is 0.0820. The van der Waals surface area contributed by atoms with Gasteiger partial charge in [-0.15, -0.1) is 11.3 Å². The van der Waals surface area contributed by atoms with Gasteiger partial charge in [0.05, 0.1) is 12.6 Å². The van der Waals surface area contributed by atoms with E-state index in [0.717, 1.165) is 28.8 Å². The fourth-order valence-electron chi connectivity index (χ4n) is 4.45. The summed E-state index contributed by atoms with van der Waals surface area (Å²) in [6.45, 7) is 7.93. The molecule has 3 amide bonds. The average molecular weight is 538 g/mol. The number of thiophene rings is 1. The maximum atomic E-state index is 13.7. The summed E-state index contributed by atoms with van der Waals surface area (Å²) in [6.07, 6.45) is 1.70. The van der Waals surface area contributed by atoms with Crippen LogP contribution in [-0.4, -0.2) is 47.5 Å². The molecule has 1 atom stereocenters. The van der Waals surface area contributed by atoms with Crippen molar-refractivity contribution >= 4 is 29.0 Å². The summed E-state index contributed by atoms with van der Waals surface area (Å²) in [6, 6.07) is 15.7. The van der Waals surface area contributed by atoms with Crippen LogP contribution in [0.25, 0.3) is 0 Å². The highest BCUT2D eigenvalue weighted by atomic mass is 32.1. The van der Waals surface area contributed by atoms with Crippen molar-refractivity contribution in [2.75, 3.05) is 25.0 Å². The molecule has 2 heterocycles. The molecule has 1 fully saturated rings. The predicted octanol–water partition coefficient (Wildman–Crippen LogP) is 6.56. The van der Waals surface area contributed by atoms with E-state index in [0.29, 0.717) is 37.8 Å². The van der Waals surface area contributed by atoms with Gasteiger partial charge in [0.2, 0.25) is 5.91 Å². The molecule has 2 aromatic carbocycles. The average Bonchev–Trinajstić information content (AvgIpc) is 3.56. The van der Waals surface area contributed by atoms with Crippen molar-refractivity contribution in [2.45, 2.75) is 58.7 Å². The molecule has 0 radical (unpaired) electrons. The summed E-state index contributed by atoms with van der Waals surface area (Å²) in [5.74, 6) is -0.0977. The molecule has 1 saturated heterocycles. The molecule has 1 aromatic heterocycles. The maximum absolute atomic E-state index is 13.7. The van der Waals surface area contributed by atoms with Gasteiger partial charge >= 0.3 is 6.03 Å². The third-order valence-electron chi connectivity index (χ3n) is 6.83. The number of urea groups is 1. The lowest BCUT2D eigenvalue weighted by Crippen LogP contribution is -2.46. The molecule has 202 valence electrons. The van der Waals surface area contributed by atoms with Crippen LogP contribution in [0.15, 0.2) is 60.0 Å². The third-order valence-corrected chi connectivity index (χ3v) is 7.84. The Balaban J connectivity index is 1.51. The van der Waals surface area contributed by atoms with Crippen LogP contribution in [-0.2, 0) is 22.6 Å². The SMILES string of the molecule is Cc1ccsc1CN(Cc1ccc(F)cc1)C(=O)CN(CC1CCCO1)C(=O)Nc1ccc(C(C)C)cc1. The first kappa shape index (κ1) is 27.8. The van der Waals surface area contributed by atoms with Crippen molar-refractivity contribution < 1.29 is 18.7 Å². The van der Waals surface area contributed by atoms with Crippen molar-refractivity contribution in [3.63, 3.8) is 0 Å². The summed E-state index contributed by atoms with van der Waals surface area (Å²) in [4.78, 5) is 31.5. The molecule has 0 bridgehead atoms. The van der Waals surface area contributed by atoms with Gasteiger partial charge in [-0.3, -0.25) is 4.79 Å². The van der Waals surface area contributed by atoms with Crippen molar-refractivity contribution in [3.8, 4) is 0 Å². The zero-order valence-electron chi connectivity index (χ0n) is 22.3. The molecule has 1 unspecified atom stereocenters. The summed E-state index contributed by atoms with van der Waals surface area (Å²) >= 11 is 1.60. The normalized spacial score (nSPS) is 15.0. The monoisotopic (exact) mass is 537 g/mol. The number of nitrogens with one attached hydrogen (secondary N) is 1. The topological polar surface area (TPSA) is 61.9 Å². The Morgan fingerprint density at radius 3 is 2.39 bits per heavy atom. The lowest BCUT2D eigenvalue weighted by molar-refractivity contribution is -0.133. The van der Waals surface area contributed by atoms with E-state index in [1.165, 1.54) is 17.7 Å². The highest BCUT2D eigenvalue weighted by molar-refractivity contribution is 7.10. The Bertz CT molecular complexity index is 1200. The van der Waals surface area contributed by atoms with Gasteiger partial charge in [-0.05, 0) is 78.1 Å². The van der Waals surface area contributed by atoms with Gasteiger partial charge in [0.1, 0.15) is 12.4 Å². The number of hydrogen-bond acceptors (Lipinski definition) is 4. The van der Waals surface area contributed by atoms with Gasteiger partial charge in [0.25, 0.3) is 0 Å². The van der Waals surface area contributed by atoms with Crippen LogP contribution in [0.4, 0.5) is 14.9 Å². The smallest absolute Gasteiger partial charge is 0.322 e. The van der Waals surface area contributed by atoms with E-state index in [1.807, 2.05) is 42.6 Å². The number of benzene rings is 2. The number of amides is 3. The van der Waals surface area contributed by atoms with Crippen LogP contribution < -0.4 is 5.32 Å². The Hall–Kier alpha value is -3.23. The zero-order valence-corrected chi connectivity index (χ0v) is 23.1. The summed E-state index contributed by atoms with van der Waals surface area (Å²) in [7, 11) is 0. The molecule has 3 aromatic rings. The first-order valence-electron chi connectivity index (χ1n) is 13.1. The fraction of sp³-hybridized carbons (Fsp3) is 0.400. The Labute approximate surface area is 228 Å². The summed E-state index contributed by atoms with van der Waals surface area (Å²) in [5, 5.41) is 4.97.